The van der Waals surface area contributed by atoms with E-state index in [0.717, 1.165) is 33.4 Å². The molecule has 8 heteroatoms. The first-order valence-electron chi connectivity index (χ1n) is 10.5. The van der Waals surface area contributed by atoms with Gasteiger partial charge in [-0.3, -0.25) is 14.9 Å². The van der Waals surface area contributed by atoms with Gasteiger partial charge in [0.25, 0.3) is 0 Å². The number of nitrogens with zero attached hydrogens (tertiary/aromatic N) is 3. The maximum Gasteiger partial charge on any atom is 0.321 e. The van der Waals surface area contributed by atoms with E-state index in [4.69, 9.17) is 0 Å². The predicted molar refractivity (Wildman–Crippen MR) is 125 cm³/mol. The number of H-pyrrole nitrogens is 1. The van der Waals surface area contributed by atoms with Gasteiger partial charge in [0.15, 0.2) is 0 Å². The number of benzene rings is 2. The van der Waals surface area contributed by atoms with E-state index in [2.05, 4.69) is 15.4 Å². The van der Waals surface area contributed by atoms with Crippen LogP contribution < -0.4 is 10.2 Å². The van der Waals surface area contributed by atoms with Gasteiger partial charge in [-0.15, -0.1) is 0 Å². The summed E-state index contributed by atoms with van der Waals surface area (Å²) in [6, 6.07) is 14.8. The summed E-state index contributed by atoms with van der Waals surface area (Å²) in [6.07, 6.45) is 2.03. The number of hydrogen-bond acceptors (Lipinski definition) is 5. The lowest BCUT2D eigenvalue weighted by atomic mass is 10.0. The van der Waals surface area contributed by atoms with Crippen LogP contribution in [-0.2, 0) is 16.0 Å². The molecule has 1 aromatic heterocycles. The molecule has 2 heterocycles. The molecule has 0 saturated heterocycles. The Morgan fingerprint density at radius 1 is 1.22 bits per heavy atom. The number of hydrogen-bond donors (Lipinski definition) is 3. The number of carboxylic acids is 1. The van der Waals surface area contributed by atoms with E-state index in [0.29, 0.717) is 6.42 Å². The smallest absolute Gasteiger partial charge is 0.321 e. The Balaban J connectivity index is 1.53. The number of aromatic amines is 1. The van der Waals surface area contributed by atoms with Crippen molar-refractivity contribution in [3.63, 3.8) is 0 Å². The van der Waals surface area contributed by atoms with Gasteiger partial charge in [0.05, 0.1) is 5.71 Å². The third kappa shape index (κ3) is 4.36. The fourth-order valence-electron chi connectivity index (χ4n) is 4.03. The quantitative estimate of drug-likeness (QED) is 0.532. The Bertz CT molecular complexity index is 1170. The standard InChI is InChI=1S/C24H27N5O3/c1-15(30)29-23(13-21(27-29)16-8-10-18(11-9-16)28(2)3)26-22(24(31)32)12-17-14-25-20-7-5-4-6-19(17)20/h4-11,14,22-23,25-26H,12-13H2,1-3H3,(H,31,32). The highest BCUT2D eigenvalue weighted by atomic mass is 16.4. The zero-order valence-corrected chi connectivity index (χ0v) is 18.4. The summed E-state index contributed by atoms with van der Waals surface area (Å²) < 4.78 is 0. The number of para-hydroxylation sites is 1. The molecule has 0 fully saturated rings. The summed E-state index contributed by atoms with van der Waals surface area (Å²) in [7, 11) is 3.94. The number of carboxylic acid groups (broad SMARTS) is 1. The SMILES string of the molecule is CC(=O)N1N=C(c2ccc(N(C)C)cc2)CC1NC(Cc1c[nH]c2ccccc12)C(=O)O. The van der Waals surface area contributed by atoms with Crippen LogP contribution in [0.2, 0.25) is 0 Å². The summed E-state index contributed by atoms with van der Waals surface area (Å²) in [5.41, 5.74) is 4.60. The van der Waals surface area contributed by atoms with E-state index in [1.807, 2.05) is 73.7 Å². The van der Waals surface area contributed by atoms with Gasteiger partial charge in [0.1, 0.15) is 12.2 Å². The first kappa shape index (κ1) is 21.6. The van der Waals surface area contributed by atoms with Crippen LogP contribution in [0.1, 0.15) is 24.5 Å². The first-order valence-corrected chi connectivity index (χ1v) is 10.5. The van der Waals surface area contributed by atoms with E-state index >= 15 is 0 Å². The van der Waals surface area contributed by atoms with E-state index in [-0.39, 0.29) is 12.3 Å². The Labute approximate surface area is 186 Å². The van der Waals surface area contributed by atoms with Gasteiger partial charge in [0.2, 0.25) is 5.91 Å². The minimum Gasteiger partial charge on any atom is -0.480 e. The number of carbonyl (C=O) groups is 2. The Morgan fingerprint density at radius 3 is 2.59 bits per heavy atom. The van der Waals surface area contributed by atoms with Crippen LogP contribution in [0.4, 0.5) is 5.69 Å². The molecule has 4 rings (SSSR count). The minimum absolute atomic E-state index is 0.237. The van der Waals surface area contributed by atoms with Gasteiger partial charge >= 0.3 is 5.97 Å². The van der Waals surface area contributed by atoms with Crippen molar-refractivity contribution >= 4 is 34.2 Å². The van der Waals surface area contributed by atoms with Crippen molar-refractivity contribution in [2.24, 2.45) is 5.10 Å². The van der Waals surface area contributed by atoms with Gasteiger partial charge < -0.3 is 15.0 Å². The normalized spacial score (nSPS) is 16.8. The van der Waals surface area contributed by atoms with Crippen LogP contribution >= 0.6 is 0 Å². The molecule has 2 atom stereocenters. The molecule has 3 aromatic rings. The molecule has 0 bridgehead atoms. The average molecular weight is 434 g/mol. The number of rotatable bonds is 7. The second-order valence-corrected chi connectivity index (χ2v) is 8.19. The monoisotopic (exact) mass is 433 g/mol. The van der Waals surface area contributed by atoms with Gasteiger partial charge in [-0.2, -0.15) is 5.10 Å². The number of hydrazone groups is 1. The Morgan fingerprint density at radius 2 is 1.94 bits per heavy atom. The maximum absolute atomic E-state index is 12.2. The summed E-state index contributed by atoms with van der Waals surface area (Å²) >= 11 is 0. The third-order valence-corrected chi connectivity index (χ3v) is 5.74. The molecule has 2 unspecified atom stereocenters. The van der Waals surface area contributed by atoms with Crippen molar-refractivity contribution in [3.8, 4) is 0 Å². The van der Waals surface area contributed by atoms with Crippen molar-refractivity contribution in [3.05, 3.63) is 65.9 Å². The summed E-state index contributed by atoms with van der Waals surface area (Å²) in [5.74, 6) is -1.21. The minimum atomic E-state index is -0.970. The highest BCUT2D eigenvalue weighted by Gasteiger charge is 2.33. The topological polar surface area (TPSA) is 101 Å². The number of nitrogens with one attached hydrogen (secondary N) is 2. The fourth-order valence-corrected chi connectivity index (χ4v) is 4.03. The lowest BCUT2D eigenvalue weighted by molar-refractivity contribution is -0.141. The van der Waals surface area contributed by atoms with Crippen molar-refractivity contribution in [1.29, 1.82) is 0 Å². The number of aliphatic carboxylic acids is 1. The van der Waals surface area contributed by atoms with Crippen molar-refractivity contribution in [1.82, 2.24) is 15.3 Å². The van der Waals surface area contributed by atoms with Crippen LogP contribution in [0.25, 0.3) is 10.9 Å². The highest BCUT2D eigenvalue weighted by Crippen LogP contribution is 2.23. The van der Waals surface area contributed by atoms with E-state index in [1.165, 1.54) is 11.9 Å². The van der Waals surface area contributed by atoms with Gasteiger partial charge in [-0.1, -0.05) is 30.3 Å². The molecule has 1 aliphatic heterocycles. The van der Waals surface area contributed by atoms with Gasteiger partial charge in [-0.05, 0) is 29.3 Å². The lowest BCUT2D eigenvalue weighted by Crippen LogP contribution is -2.51. The van der Waals surface area contributed by atoms with Crippen LogP contribution in [0.5, 0.6) is 0 Å². The summed E-state index contributed by atoms with van der Waals surface area (Å²) in [4.78, 5) is 29.5. The molecule has 0 saturated carbocycles. The van der Waals surface area contributed by atoms with Crippen molar-refractivity contribution < 1.29 is 14.7 Å². The Hall–Kier alpha value is -3.65. The van der Waals surface area contributed by atoms with Crippen molar-refractivity contribution in [2.45, 2.75) is 32.0 Å². The molecular formula is C24H27N5O3. The largest absolute Gasteiger partial charge is 0.480 e. The summed E-state index contributed by atoms with van der Waals surface area (Å²) in [6.45, 7) is 1.44. The van der Waals surface area contributed by atoms with Crippen LogP contribution in [0.3, 0.4) is 0 Å². The van der Waals surface area contributed by atoms with Crippen LogP contribution in [0, 0.1) is 0 Å². The number of aromatic nitrogens is 1. The zero-order valence-electron chi connectivity index (χ0n) is 18.4. The third-order valence-electron chi connectivity index (χ3n) is 5.74. The van der Waals surface area contributed by atoms with E-state index in [9.17, 15) is 14.7 Å². The number of amides is 1. The average Bonchev–Trinajstić information content (AvgIpc) is 3.38. The molecular weight excluding hydrogens is 406 g/mol. The first-order chi connectivity index (χ1) is 15.3. The number of anilines is 1. The molecule has 0 spiro atoms. The highest BCUT2D eigenvalue weighted by molar-refractivity contribution is 6.03. The molecule has 32 heavy (non-hydrogen) atoms. The van der Waals surface area contributed by atoms with Crippen LogP contribution in [-0.4, -0.2) is 59.0 Å². The molecule has 0 radical (unpaired) electrons. The molecule has 3 N–H and O–H groups in total. The predicted octanol–water partition coefficient (Wildman–Crippen LogP) is 2.80. The maximum atomic E-state index is 12.2. The number of carbonyl (C=O) groups excluding carboxylic acids is 1. The fraction of sp³-hybridized carbons (Fsp3) is 0.292. The molecule has 2 aromatic carbocycles. The number of fused-ring (bicyclic) bond motifs is 1. The molecule has 8 nitrogen and oxygen atoms in total. The molecule has 0 aliphatic carbocycles. The molecule has 1 amide bonds. The molecule has 166 valence electrons. The van der Waals surface area contributed by atoms with Gasteiger partial charge in [-0.25, -0.2) is 5.01 Å². The van der Waals surface area contributed by atoms with E-state index < -0.39 is 18.2 Å². The van der Waals surface area contributed by atoms with Crippen LogP contribution in [0.15, 0.2) is 59.8 Å². The zero-order chi connectivity index (χ0) is 22.8. The van der Waals surface area contributed by atoms with Crippen molar-refractivity contribution in [2.75, 3.05) is 19.0 Å². The lowest BCUT2D eigenvalue weighted by Gasteiger charge is -2.25. The Kier molecular flexibility index (Phi) is 5.96. The summed E-state index contributed by atoms with van der Waals surface area (Å²) in [5, 5.41) is 19.9. The molecule has 1 aliphatic rings. The second kappa shape index (κ2) is 8.84. The van der Waals surface area contributed by atoms with E-state index in [1.54, 1.807) is 0 Å². The van der Waals surface area contributed by atoms with Gasteiger partial charge in [0, 0.05) is 56.6 Å². The second-order valence-electron chi connectivity index (χ2n) is 8.19.